The van der Waals surface area contributed by atoms with Crippen molar-refractivity contribution in [3.63, 3.8) is 0 Å². The van der Waals surface area contributed by atoms with Gasteiger partial charge in [-0.25, -0.2) is 4.98 Å². The van der Waals surface area contributed by atoms with E-state index < -0.39 is 0 Å². The Hall–Kier alpha value is -2.30. The van der Waals surface area contributed by atoms with E-state index in [0.717, 1.165) is 17.8 Å². The Labute approximate surface area is 99.8 Å². The molecule has 0 saturated carbocycles. The Bertz CT molecular complexity index is 461. The number of aliphatic imine (C=N–C) groups is 1. The molecule has 0 unspecified atom stereocenters. The number of imidazole rings is 1. The summed E-state index contributed by atoms with van der Waals surface area (Å²) < 4.78 is 0. The highest BCUT2D eigenvalue weighted by atomic mass is 15.1. The normalized spacial score (nSPS) is 11.4. The van der Waals surface area contributed by atoms with E-state index in [2.05, 4.69) is 20.3 Å². The largest absolute Gasteiger partial charge is 0.370 e. The topological polar surface area (TPSA) is 79.1 Å². The second-order valence-corrected chi connectivity index (χ2v) is 3.58. The molecule has 5 heteroatoms. The number of hydrogen-bond donors (Lipinski definition) is 3. The molecule has 88 valence electrons. The summed E-state index contributed by atoms with van der Waals surface area (Å²) in [7, 11) is 0. The van der Waals surface area contributed by atoms with Crippen LogP contribution in [0.5, 0.6) is 0 Å². The summed E-state index contributed by atoms with van der Waals surface area (Å²) in [6, 6.07) is 9.73. The number of hydrogen-bond acceptors (Lipinski definition) is 2. The molecule has 5 nitrogen and oxygen atoms in total. The van der Waals surface area contributed by atoms with E-state index in [1.165, 1.54) is 0 Å². The first-order chi connectivity index (χ1) is 8.34. The monoisotopic (exact) mass is 229 g/mol. The summed E-state index contributed by atoms with van der Waals surface area (Å²) in [4.78, 5) is 11.2. The third-order valence-electron chi connectivity index (χ3n) is 2.26. The van der Waals surface area contributed by atoms with Crippen molar-refractivity contribution in [2.75, 3.05) is 11.9 Å². The predicted octanol–water partition coefficient (Wildman–Crippen LogP) is 1.38. The van der Waals surface area contributed by atoms with Crippen LogP contribution in [0, 0.1) is 0 Å². The van der Waals surface area contributed by atoms with Crippen LogP contribution in [-0.2, 0) is 6.42 Å². The summed E-state index contributed by atoms with van der Waals surface area (Å²) in [6.45, 7) is 0.633. The van der Waals surface area contributed by atoms with E-state index >= 15 is 0 Å². The van der Waals surface area contributed by atoms with Gasteiger partial charge in [0.25, 0.3) is 0 Å². The van der Waals surface area contributed by atoms with Gasteiger partial charge in [0.05, 0.1) is 6.33 Å². The lowest BCUT2D eigenvalue weighted by Crippen LogP contribution is -2.23. The van der Waals surface area contributed by atoms with Gasteiger partial charge in [-0.2, -0.15) is 0 Å². The maximum Gasteiger partial charge on any atom is 0.193 e. The van der Waals surface area contributed by atoms with E-state index in [0.29, 0.717) is 12.5 Å². The number of aromatic amines is 1. The SMILES string of the molecule is NC(=NCCc1cnc[nH]1)Nc1ccccc1. The number of nitrogens with zero attached hydrogens (tertiary/aromatic N) is 2. The molecule has 0 amide bonds. The number of rotatable bonds is 4. The lowest BCUT2D eigenvalue weighted by atomic mass is 10.3. The maximum atomic E-state index is 5.76. The van der Waals surface area contributed by atoms with Crippen LogP contribution in [0.15, 0.2) is 47.8 Å². The summed E-state index contributed by atoms with van der Waals surface area (Å²) in [5, 5.41) is 3.02. The predicted molar refractivity (Wildman–Crippen MR) is 68.8 cm³/mol. The fourth-order valence-electron chi connectivity index (χ4n) is 1.43. The number of nitrogens with two attached hydrogens (primary N) is 1. The molecule has 1 aromatic heterocycles. The molecule has 0 fully saturated rings. The molecule has 1 heterocycles. The Morgan fingerprint density at radius 2 is 2.18 bits per heavy atom. The number of H-pyrrole nitrogens is 1. The van der Waals surface area contributed by atoms with Crippen LogP contribution in [0.1, 0.15) is 5.69 Å². The van der Waals surface area contributed by atoms with Crippen molar-refractivity contribution in [1.82, 2.24) is 9.97 Å². The molecule has 0 spiro atoms. The molecule has 0 bridgehead atoms. The zero-order valence-corrected chi connectivity index (χ0v) is 9.43. The zero-order valence-electron chi connectivity index (χ0n) is 9.43. The smallest absolute Gasteiger partial charge is 0.193 e. The Morgan fingerprint density at radius 3 is 2.88 bits per heavy atom. The second kappa shape index (κ2) is 5.69. The number of guanidine groups is 1. The van der Waals surface area contributed by atoms with Crippen molar-refractivity contribution < 1.29 is 0 Å². The minimum Gasteiger partial charge on any atom is -0.370 e. The van der Waals surface area contributed by atoms with E-state index in [-0.39, 0.29) is 0 Å². The van der Waals surface area contributed by atoms with Crippen LogP contribution in [0.2, 0.25) is 0 Å². The standard InChI is InChI=1S/C12H15N5/c13-12(17-10-4-2-1-3-5-10)15-7-6-11-8-14-9-16-11/h1-5,8-9H,6-7H2,(H,14,16)(H3,13,15,17). The van der Waals surface area contributed by atoms with Gasteiger partial charge >= 0.3 is 0 Å². The molecule has 17 heavy (non-hydrogen) atoms. The van der Waals surface area contributed by atoms with E-state index in [4.69, 9.17) is 5.73 Å². The van der Waals surface area contributed by atoms with Crippen molar-refractivity contribution in [2.45, 2.75) is 6.42 Å². The molecule has 2 aromatic rings. The van der Waals surface area contributed by atoms with Crippen LogP contribution in [-0.4, -0.2) is 22.5 Å². The zero-order chi connectivity index (χ0) is 11.9. The Morgan fingerprint density at radius 1 is 1.35 bits per heavy atom. The van der Waals surface area contributed by atoms with Gasteiger partial charge in [0.1, 0.15) is 0 Å². The number of anilines is 1. The molecule has 0 atom stereocenters. The van der Waals surface area contributed by atoms with Crippen molar-refractivity contribution in [3.8, 4) is 0 Å². The van der Waals surface area contributed by atoms with Crippen LogP contribution < -0.4 is 11.1 Å². The molecule has 2 rings (SSSR count). The van der Waals surface area contributed by atoms with Crippen LogP contribution in [0.3, 0.4) is 0 Å². The van der Waals surface area contributed by atoms with Gasteiger partial charge in [0.15, 0.2) is 5.96 Å². The highest BCUT2D eigenvalue weighted by Gasteiger charge is 1.95. The summed E-state index contributed by atoms with van der Waals surface area (Å²) in [6.07, 6.45) is 4.25. The first-order valence-electron chi connectivity index (χ1n) is 5.44. The van der Waals surface area contributed by atoms with Gasteiger partial charge in [0, 0.05) is 30.5 Å². The minimum atomic E-state index is 0.427. The summed E-state index contributed by atoms with van der Waals surface area (Å²) in [5.41, 5.74) is 7.76. The molecule has 0 radical (unpaired) electrons. The van der Waals surface area contributed by atoms with Crippen molar-refractivity contribution in [2.24, 2.45) is 10.7 Å². The van der Waals surface area contributed by atoms with E-state index in [1.54, 1.807) is 12.5 Å². The summed E-state index contributed by atoms with van der Waals surface area (Å²) >= 11 is 0. The van der Waals surface area contributed by atoms with Crippen molar-refractivity contribution in [3.05, 3.63) is 48.5 Å². The lowest BCUT2D eigenvalue weighted by Gasteiger charge is -2.04. The van der Waals surface area contributed by atoms with Gasteiger partial charge < -0.3 is 16.0 Å². The molecular formula is C12H15N5. The molecule has 0 aliphatic carbocycles. The molecule has 1 aromatic carbocycles. The fourth-order valence-corrected chi connectivity index (χ4v) is 1.43. The molecule has 0 saturated heterocycles. The van der Waals surface area contributed by atoms with Crippen LogP contribution >= 0.6 is 0 Å². The van der Waals surface area contributed by atoms with Gasteiger partial charge in [-0.3, -0.25) is 4.99 Å². The molecular weight excluding hydrogens is 214 g/mol. The average molecular weight is 229 g/mol. The van der Waals surface area contributed by atoms with Gasteiger partial charge in [-0.05, 0) is 12.1 Å². The Kier molecular flexibility index (Phi) is 3.75. The molecule has 4 N–H and O–H groups in total. The number of aromatic nitrogens is 2. The van der Waals surface area contributed by atoms with E-state index in [9.17, 15) is 0 Å². The van der Waals surface area contributed by atoms with Crippen LogP contribution in [0.4, 0.5) is 5.69 Å². The maximum absolute atomic E-state index is 5.76. The third kappa shape index (κ3) is 3.64. The third-order valence-corrected chi connectivity index (χ3v) is 2.26. The number of nitrogens with one attached hydrogen (secondary N) is 2. The first kappa shape index (κ1) is 11.2. The Balaban J connectivity index is 1.81. The van der Waals surface area contributed by atoms with Gasteiger partial charge in [-0.1, -0.05) is 18.2 Å². The highest BCUT2D eigenvalue weighted by molar-refractivity contribution is 5.92. The average Bonchev–Trinajstić information content (AvgIpc) is 2.83. The first-order valence-corrected chi connectivity index (χ1v) is 5.44. The highest BCUT2D eigenvalue weighted by Crippen LogP contribution is 2.03. The second-order valence-electron chi connectivity index (χ2n) is 3.58. The van der Waals surface area contributed by atoms with Crippen molar-refractivity contribution in [1.29, 1.82) is 0 Å². The van der Waals surface area contributed by atoms with Crippen molar-refractivity contribution >= 4 is 11.6 Å². The summed E-state index contributed by atoms with van der Waals surface area (Å²) in [5.74, 6) is 0.427. The molecule has 0 aliphatic rings. The minimum absolute atomic E-state index is 0.427. The van der Waals surface area contributed by atoms with Gasteiger partial charge in [-0.15, -0.1) is 0 Å². The van der Waals surface area contributed by atoms with E-state index in [1.807, 2.05) is 30.3 Å². The quantitative estimate of drug-likeness (QED) is 0.547. The number of para-hydroxylation sites is 1. The number of benzene rings is 1. The fraction of sp³-hybridized carbons (Fsp3) is 0.167. The lowest BCUT2D eigenvalue weighted by molar-refractivity contribution is 0.932. The van der Waals surface area contributed by atoms with Gasteiger partial charge in [0.2, 0.25) is 0 Å². The van der Waals surface area contributed by atoms with Crippen LogP contribution in [0.25, 0.3) is 0 Å². The molecule has 0 aliphatic heterocycles.